The predicted molar refractivity (Wildman–Crippen MR) is 104 cm³/mol. The van der Waals surface area contributed by atoms with E-state index in [4.69, 9.17) is 0 Å². The molecule has 1 aromatic heterocycles. The smallest absolute Gasteiger partial charge is 0.283 e. The second kappa shape index (κ2) is 7.03. The van der Waals surface area contributed by atoms with E-state index in [0.29, 0.717) is 17.0 Å². The molecule has 1 saturated heterocycles. The number of nitrogens with one attached hydrogen (secondary N) is 1. The molecule has 27 heavy (non-hydrogen) atoms. The summed E-state index contributed by atoms with van der Waals surface area (Å²) in [4.78, 5) is 34.2. The number of rotatable bonds is 4. The van der Waals surface area contributed by atoms with Crippen molar-refractivity contribution in [2.75, 3.05) is 12.8 Å². The van der Waals surface area contributed by atoms with Gasteiger partial charge in [-0.3, -0.25) is 14.9 Å². The Morgan fingerprint density at radius 1 is 1.33 bits per heavy atom. The van der Waals surface area contributed by atoms with Crippen molar-refractivity contribution in [1.82, 2.24) is 14.9 Å². The summed E-state index contributed by atoms with van der Waals surface area (Å²) < 4.78 is 0. The van der Waals surface area contributed by atoms with Crippen LogP contribution in [0.2, 0.25) is 0 Å². The number of thioether (sulfide) groups is 1. The number of H-pyrrole nitrogens is 1. The third-order valence-corrected chi connectivity index (χ3v) is 5.64. The number of aromatic amines is 1. The van der Waals surface area contributed by atoms with Gasteiger partial charge in [-0.25, -0.2) is 4.98 Å². The zero-order valence-electron chi connectivity index (χ0n) is 14.7. The lowest BCUT2D eigenvalue weighted by Crippen LogP contribution is -2.31. The number of hydrogen-bond donors (Lipinski definition) is 1. The highest BCUT2D eigenvalue weighted by Crippen LogP contribution is 2.34. The summed E-state index contributed by atoms with van der Waals surface area (Å²) in [7, 11) is 0. The summed E-state index contributed by atoms with van der Waals surface area (Å²) in [6.07, 6.45) is 3.47. The first kappa shape index (κ1) is 17.5. The van der Waals surface area contributed by atoms with Gasteiger partial charge in [-0.15, -0.1) is 11.8 Å². The van der Waals surface area contributed by atoms with Crippen molar-refractivity contribution in [3.63, 3.8) is 0 Å². The molecule has 1 aliphatic heterocycles. The van der Waals surface area contributed by atoms with Crippen LogP contribution in [0.15, 0.2) is 47.4 Å². The molecule has 2 heterocycles. The Bertz CT molecular complexity index is 1000. The van der Waals surface area contributed by atoms with Gasteiger partial charge < -0.3 is 9.88 Å². The number of hydrogen-bond acceptors (Lipinski definition) is 5. The number of fused-ring (bicyclic) bond motifs is 1. The average Bonchev–Trinajstić information content (AvgIpc) is 3.33. The minimum absolute atomic E-state index is 0.0344. The van der Waals surface area contributed by atoms with Crippen molar-refractivity contribution in [2.45, 2.75) is 23.8 Å². The van der Waals surface area contributed by atoms with Crippen LogP contribution in [0.4, 0.5) is 5.69 Å². The molecule has 0 saturated carbocycles. The maximum absolute atomic E-state index is 13.1. The highest BCUT2D eigenvalue weighted by Gasteiger charge is 2.33. The molecule has 0 bridgehead atoms. The molecule has 1 aliphatic rings. The van der Waals surface area contributed by atoms with Gasteiger partial charge in [0.1, 0.15) is 5.82 Å². The van der Waals surface area contributed by atoms with Crippen LogP contribution in [0.25, 0.3) is 11.0 Å². The SMILES string of the molecule is CSc1ccc(C(=O)N2CCCC2c2nc3ccccc3[nH]2)cc1[N+](=O)[O-]. The number of nitro benzene ring substituents is 1. The van der Waals surface area contributed by atoms with Gasteiger partial charge in [-0.1, -0.05) is 12.1 Å². The van der Waals surface area contributed by atoms with Gasteiger partial charge in [0.2, 0.25) is 0 Å². The van der Waals surface area contributed by atoms with Crippen LogP contribution >= 0.6 is 11.8 Å². The van der Waals surface area contributed by atoms with E-state index in [1.807, 2.05) is 24.3 Å². The second-order valence-corrected chi connectivity index (χ2v) is 7.29. The largest absolute Gasteiger partial charge is 0.340 e. The number of amides is 1. The highest BCUT2D eigenvalue weighted by molar-refractivity contribution is 7.98. The van der Waals surface area contributed by atoms with Crippen molar-refractivity contribution < 1.29 is 9.72 Å². The molecule has 2 aromatic carbocycles. The fourth-order valence-electron chi connectivity index (χ4n) is 3.56. The van der Waals surface area contributed by atoms with Crippen LogP contribution in [0.5, 0.6) is 0 Å². The van der Waals surface area contributed by atoms with Gasteiger partial charge in [0.25, 0.3) is 11.6 Å². The second-order valence-electron chi connectivity index (χ2n) is 6.44. The molecule has 3 aromatic rings. The number of nitro groups is 1. The zero-order chi connectivity index (χ0) is 19.0. The third-order valence-electron chi connectivity index (χ3n) is 4.86. The standard InChI is InChI=1S/C19H18N4O3S/c1-27-17-9-8-12(11-16(17)23(25)26)19(24)22-10-4-7-15(22)18-20-13-5-2-3-6-14(13)21-18/h2-3,5-6,8-9,11,15H,4,7,10H2,1H3,(H,20,21). The van der Waals surface area contributed by atoms with Crippen LogP contribution in [-0.2, 0) is 0 Å². The molecule has 4 rings (SSSR count). The van der Waals surface area contributed by atoms with E-state index in [1.54, 1.807) is 23.3 Å². The van der Waals surface area contributed by atoms with E-state index in [2.05, 4.69) is 9.97 Å². The molecule has 138 valence electrons. The van der Waals surface area contributed by atoms with Crippen molar-refractivity contribution in [2.24, 2.45) is 0 Å². The quantitative estimate of drug-likeness (QED) is 0.415. The van der Waals surface area contributed by atoms with Gasteiger partial charge >= 0.3 is 0 Å². The molecule has 0 spiro atoms. The van der Waals surface area contributed by atoms with E-state index in [9.17, 15) is 14.9 Å². The summed E-state index contributed by atoms with van der Waals surface area (Å²) in [5.41, 5.74) is 2.11. The number of likely N-dealkylation sites (tertiary alicyclic amines) is 1. The fraction of sp³-hybridized carbons (Fsp3) is 0.263. The maximum Gasteiger partial charge on any atom is 0.283 e. The monoisotopic (exact) mass is 382 g/mol. The van der Waals surface area contributed by atoms with E-state index in [0.717, 1.165) is 29.7 Å². The Morgan fingerprint density at radius 2 is 2.15 bits per heavy atom. The fourth-order valence-corrected chi connectivity index (χ4v) is 4.10. The van der Waals surface area contributed by atoms with Crippen molar-refractivity contribution in [3.05, 3.63) is 64.0 Å². The van der Waals surface area contributed by atoms with Crippen molar-refractivity contribution in [3.8, 4) is 0 Å². The van der Waals surface area contributed by atoms with Crippen LogP contribution in [0.3, 0.4) is 0 Å². The van der Waals surface area contributed by atoms with Crippen molar-refractivity contribution >= 4 is 34.4 Å². The number of carbonyl (C=O) groups excluding carboxylic acids is 1. The lowest BCUT2D eigenvalue weighted by molar-refractivity contribution is -0.387. The molecule has 0 radical (unpaired) electrons. The number of carbonyl (C=O) groups is 1. The predicted octanol–water partition coefficient (Wildman–Crippen LogP) is 4.17. The highest BCUT2D eigenvalue weighted by atomic mass is 32.2. The van der Waals surface area contributed by atoms with E-state index >= 15 is 0 Å². The molecule has 1 amide bonds. The topological polar surface area (TPSA) is 92.1 Å². The summed E-state index contributed by atoms with van der Waals surface area (Å²) in [5, 5.41) is 11.3. The first-order valence-corrected chi connectivity index (χ1v) is 9.89. The number of nitrogens with zero attached hydrogens (tertiary/aromatic N) is 3. The van der Waals surface area contributed by atoms with Crippen LogP contribution in [0, 0.1) is 10.1 Å². The van der Waals surface area contributed by atoms with Crippen LogP contribution in [-0.4, -0.2) is 38.5 Å². The van der Waals surface area contributed by atoms with E-state index in [-0.39, 0.29) is 17.6 Å². The maximum atomic E-state index is 13.1. The molecule has 1 atom stereocenters. The van der Waals surface area contributed by atoms with Crippen molar-refractivity contribution in [1.29, 1.82) is 0 Å². The number of benzene rings is 2. The molecule has 1 fully saturated rings. The first-order valence-electron chi connectivity index (χ1n) is 8.66. The Kier molecular flexibility index (Phi) is 4.57. The van der Waals surface area contributed by atoms with Gasteiger partial charge in [0, 0.05) is 18.2 Å². The molecule has 7 nitrogen and oxygen atoms in total. The number of imidazole rings is 1. The normalized spacial score (nSPS) is 16.8. The van der Waals surface area contributed by atoms with Crippen LogP contribution in [0.1, 0.15) is 35.1 Å². The minimum Gasteiger partial charge on any atom is -0.340 e. The molecule has 8 heteroatoms. The average molecular weight is 382 g/mol. The third kappa shape index (κ3) is 3.16. The summed E-state index contributed by atoms with van der Waals surface area (Å²) in [6, 6.07) is 12.3. The molecular weight excluding hydrogens is 364 g/mol. The lowest BCUT2D eigenvalue weighted by atomic mass is 10.1. The van der Waals surface area contributed by atoms with E-state index in [1.165, 1.54) is 17.8 Å². The van der Waals surface area contributed by atoms with Gasteiger partial charge in [-0.05, 0) is 43.4 Å². The molecule has 1 N–H and O–H groups in total. The Balaban J connectivity index is 1.66. The summed E-state index contributed by atoms with van der Waals surface area (Å²) >= 11 is 1.29. The minimum atomic E-state index is -0.441. The van der Waals surface area contributed by atoms with Gasteiger partial charge in [-0.2, -0.15) is 0 Å². The van der Waals surface area contributed by atoms with E-state index < -0.39 is 4.92 Å². The molecular formula is C19H18N4O3S. The first-order chi connectivity index (χ1) is 13.1. The Morgan fingerprint density at radius 3 is 2.89 bits per heavy atom. The zero-order valence-corrected chi connectivity index (χ0v) is 15.5. The van der Waals surface area contributed by atoms with Crippen LogP contribution < -0.4 is 0 Å². The Labute approximate surface area is 159 Å². The van der Waals surface area contributed by atoms with Gasteiger partial charge in [0.15, 0.2) is 0 Å². The molecule has 1 unspecified atom stereocenters. The summed E-state index contributed by atoms with van der Waals surface area (Å²) in [5.74, 6) is 0.561. The number of aromatic nitrogens is 2. The summed E-state index contributed by atoms with van der Waals surface area (Å²) in [6.45, 7) is 0.610. The number of para-hydroxylation sites is 2. The van der Waals surface area contributed by atoms with Gasteiger partial charge in [0.05, 0.1) is 26.9 Å². The molecule has 0 aliphatic carbocycles. The lowest BCUT2D eigenvalue weighted by Gasteiger charge is -2.23. The Hall–Kier alpha value is -2.87.